The molecule has 0 spiro atoms. The number of aromatic nitrogens is 2. The third-order valence-corrected chi connectivity index (χ3v) is 6.02. The van der Waals surface area contributed by atoms with Crippen molar-refractivity contribution in [3.63, 3.8) is 0 Å². The fourth-order valence-electron chi connectivity index (χ4n) is 3.50. The van der Waals surface area contributed by atoms with Gasteiger partial charge in [0.25, 0.3) is 0 Å². The number of thiophene rings is 1. The molecule has 4 nitrogen and oxygen atoms in total. The second kappa shape index (κ2) is 6.98. The summed E-state index contributed by atoms with van der Waals surface area (Å²) in [7, 11) is 0. The molecule has 0 bridgehead atoms. The van der Waals surface area contributed by atoms with E-state index in [-0.39, 0.29) is 0 Å². The van der Waals surface area contributed by atoms with Crippen molar-refractivity contribution in [1.29, 1.82) is 0 Å². The van der Waals surface area contributed by atoms with Crippen molar-refractivity contribution in [1.82, 2.24) is 14.7 Å². The summed E-state index contributed by atoms with van der Waals surface area (Å²) in [6.07, 6.45) is 4.95. The summed E-state index contributed by atoms with van der Waals surface area (Å²) in [4.78, 5) is 5.37. The molecule has 0 amide bonds. The molecule has 1 unspecified atom stereocenters. The quantitative estimate of drug-likeness (QED) is 0.765. The lowest BCUT2D eigenvalue weighted by molar-refractivity contribution is 0.0892. The molecule has 1 aliphatic carbocycles. The van der Waals surface area contributed by atoms with Gasteiger partial charge in [-0.25, -0.2) is 0 Å². The minimum atomic E-state index is 0.453. The Labute approximate surface area is 148 Å². The number of aryl methyl sites for hydroxylation is 2. The average Bonchev–Trinajstić information content (AvgIpc) is 3.15. The van der Waals surface area contributed by atoms with Crippen LogP contribution in [-0.4, -0.2) is 34.4 Å². The summed E-state index contributed by atoms with van der Waals surface area (Å²) >= 11 is 1.91. The van der Waals surface area contributed by atoms with Gasteiger partial charge in [-0.1, -0.05) is 0 Å². The summed E-state index contributed by atoms with van der Waals surface area (Å²) in [6.45, 7) is 10.1. The normalized spacial score (nSPS) is 21.2. The Morgan fingerprint density at radius 1 is 1.29 bits per heavy atom. The maximum absolute atomic E-state index is 6.04. The zero-order valence-electron chi connectivity index (χ0n) is 14.7. The second-order valence-corrected chi connectivity index (χ2v) is 8.62. The highest BCUT2D eigenvalue weighted by Crippen LogP contribution is 2.32. The van der Waals surface area contributed by atoms with Gasteiger partial charge in [-0.05, 0) is 44.7 Å². The molecule has 1 aliphatic heterocycles. The van der Waals surface area contributed by atoms with E-state index < -0.39 is 0 Å². The van der Waals surface area contributed by atoms with Crippen LogP contribution in [-0.2, 0) is 24.4 Å². The molecule has 4 rings (SSSR count). The van der Waals surface area contributed by atoms with Gasteiger partial charge in [0.05, 0.1) is 12.3 Å². The minimum Gasteiger partial charge on any atom is -0.380 e. The SMILES string of the molecule is CCn1cc2c(n1)CN(Cc1ccc(C)s1)CC2COCC1CC1. The number of rotatable bonds is 7. The first kappa shape index (κ1) is 16.3. The van der Waals surface area contributed by atoms with Crippen molar-refractivity contribution in [2.45, 2.75) is 52.2 Å². The van der Waals surface area contributed by atoms with E-state index in [2.05, 4.69) is 41.8 Å². The van der Waals surface area contributed by atoms with Crippen LogP contribution in [0.4, 0.5) is 0 Å². The number of ether oxygens (including phenoxy) is 1. The molecule has 2 aromatic rings. The van der Waals surface area contributed by atoms with Crippen LogP contribution in [0.25, 0.3) is 0 Å². The monoisotopic (exact) mass is 345 g/mol. The Kier molecular flexibility index (Phi) is 4.74. The molecule has 5 heteroatoms. The summed E-state index contributed by atoms with van der Waals surface area (Å²) in [5, 5.41) is 4.79. The second-order valence-electron chi connectivity index (χ2n) is 7.25. The number of hydrogen-bond donors (Lipinski definition) is 0. The van der Waals surface area contributed by atoms with Gasteiger partial charge < -0.3 is 4.74 Å². The molecular weight excluding hydrogens is 318 g/mol. The first-order chi connectivity index (χ1) is 11.7. The van der Waals surface area contributed by atoms with E-state index in [1.54, 1.807) is 0 Å². The van der Waals surface area contributed by atoms with Crippen LogP contribution in [0.3, 0.4) is 0 Å². The molecule has 1 fully saturated rings. The molecule has 0 aromatic carbocycles. The number of nitrogens with zero attached hydrogens (tertiary/aromatic N) is 3. The van der Waals surface area contributed by atoms with Gasteiger partial charge in [-0.2, -0.15) is 5.10 Å². The Bertz CT molecular complexity index is 689. The van der Waals surface area contributed by atoms with E-state index in [0.29, 0.717) is 5.92 Å². The molecule has 24 heavy (non-hydrogen) atoms. The zero-order valence-corrected chi connectivity index (χ0v) is 15.5. The predicted octanol–water partition coefficient (Wildman–Crippen LogP) is 3.80. The van der Waals surface area contributed by atoms with Crippen LogP contribution in [0.2, 0.25) is 0 Å². The lowest BCUT2D eigenvalue weighted by atomic mass is 9.95. The molecule has 2 aliphatic rings. The highest BCUT2D eigenvalue weighted by Gasteiger charge is 2.29. The Hall–Kier alpha value is -1.17. The van der Waals surface area contributed by atoms with E-state index in [1.807, 2.05) is 11.3 Å². The maximum Gasteiger partial charge on any atom is 0.0801 e. The van der Waals surface area contributed by atoms with Gasteiger partial charge in [0.1, 0.15) is 0 Å². The van der Waals surface area contributed by atoms with Crippen molar-refractivity contribution >= 4 is 11.3 Å². The lowest BCUT2D eigenvalue weighted by Gasteiger charge is -2.31. The number of fused-ring (bicyclic) bond motifs is 1. The van der Waals surface area contributed by atoms with Gasteiger partial charge in [0, 0.05) is 60.2 Å². The lowest BCUT2D eigenvalue weighted by Crippen LogP contribution is -2.34. The fraction of sp³-hybridized carbons (Fsp3) is 0.632. The van der Waals surface area contributed by atoms with Crippen molar-refractivity contribution in [3.05, 3.63) is 39.3 Å². The van der Waals surface area contributed by atoms with E-state index >= 15 is 0 Å². The smallest absolute Gasteiger partial charge is 0.0801 e. The van der Waals surface area contributed by atoms with Gasteiger partial charge in [-0.3, -0.25) is 9.58 Å². The van der Waals surface area contributed by atoms with Crippen LogP contribution in [0, 0.1) is 12.8 Å². The van der Waals surface area contributed by atoms with Crippen molar-refractivity contribution in [2.75, 3.05) is 19.8 Å². The average molecular weight is 346 g/mol. The van der Waals surface area contributed by atoms with Gasteiger partial charge in [-0.15, -0.1) is 11.3 Å². The Morgan fingerprint density at radius 3 is 2.88 bits per heavy atom. The van der Waals surface area contributed by atoms with Crippen LogP contribution in [0.1, 0.15) is 46.7 Å². The van der Waals surface area contributed by atoms with Crippen LogP contribution in [0.5, 0.6) is 0 Å². The van der Waals surface area contributed by atoms with Crippen molar-refractivity contribution < 1.29 is 4.74 Å². The molecular formula is C19H27N3OS. The van der Waals surface area contributed by atoms with E-state index in [4.69, 9.17) is 9.84 Å². The summed E-state index contributed by atoms with van der Waals surface area (Å²) in [6, 6.07) is 4.48. The molecule has 0 saturated heterocycles. The summed E-state index contributed by atoms with van der Waals surface area (Å²) in [5.74, 6) is 1.28. The minimum absolute atomic E-state index is 0.453. The van der Waals surface area contributed by atoms with Crippen molar-refractivity contribution in [2.24, 2.45) is 5.92 Å². The molecule has 130 valence electrons. The van der Waals surface area contributed by atoms with Crippen LogP contribution < -0.4 is 0 Å². The Balaban J connectivity index is 1.46. The van der Waals surface area contributed by atoms with E-state index in [0.717, 1.165) is 45.3 Å². The molecule has 1 saturated carbocycles. The summed E-state index contributed by atoms with van der Waals surface area (Å²) < 4.78 is 8.12. The predicted molar refractivity (Wildman–Crippen MR) is 97.4 cm³/mol. The highest BCUT2D eigenvalue weighted by molar-refractivity contribution is 7.11. The largest absolute Gasteiger partial charge is 0.380 e. The number of hydrogen-bond acceptors (Lipinski definition) is 4. The molecule has 0 N–H and O–H groups in total. The van der Waals surface area contributed by atoms with E-state index in [1.165, 1.54) is 33.9 Å². The Morgan fingerprint density at radius 2 is 2.17 bits per heavy atom. The van der Waals surface area contributed by atoms with E-state index in [9.17, 15) is 0 Å². The topological polar surface area (TPSA) is 30.3 Å². The zero-order chi connectivity index (χ0) is 16.5. The molecule has 2 aromatic heterocycles. The fourth-order valence-corrected chi connectivity index (χ4v) is 4.44. The molecule has 1 atom stereocenters. The van der Waals surface area contributed by atoms with Crippen LogP contribution >= 0.6 is 11.3 Å². The first-order valence-corrected chi connectivity index (χ1v) is 9.94. The standard InChI is InChI=1S/C19H27N3OS/c1-3-22-10-18-16(13-23-12-15-5-6-15)8-21(11-19(18)20-22)9-17-7-4-14(2)24-17/h4,7,10,15-16H,3,5-6,8-9,11-13H2,1-2H3. The summed E-state index contributed by atoms with van der Waals surface area (Å²) in [5.41, 5.74) is 2.66. The van der Waals surface area contributed by atoms with Crippen molar-refractivity contribution in [3.8, 4) is 0 Å². The van der Waals surface area contributed by atoms with Crippen LogP contribution in [0.15, 0.2) is 18.3 Å². The molecule has 3 heterocycles. The van der Waals surface area contributed by atoms with Gasteiger partial charge in [0.15, 0.2) is 0 Å². The third kappa shape index (κ3) is 3.73. The van der Waals surface area contributed by atoms with Gasteiger partial charge >= 0.3 is 0 Å². The van der Waals surface area contributed by atoms with Gasteiger partial charge in [0.2, 0.25) is 0 Å². The third-order valence-electron chi connectivity index (χ3n) is 5.03. The molecule has 0 radical (unpaired) electrons. The highest BCUT2D eigenvalue weighted by atomic mass is 32.1. The maximum atomic E-state index is 6.04. The first-order valence-electron chi connectivity index (χ1n) is 9.13.